The van der Waals surface area contributed by atoms with E-state index in [2.05, 4.69) is 33.9 Å². The fraction of sp³-hybridized carbons (Fsp3) is 0.957. The molecule has 0 bridgehead atoms. The molecule has 0 saturated carbocycles. The number of amides is 1. The number of carbonyl (C=O) groups is 1. The predicted molar refractivity (Wildman–Crippen MR) is 126 cm³/mol. The van der Waals surface area contributed by atoms with Crippen molar-refractivity contribution in [1.29, 1.82) is 0 Å². The summed E-state index contributed by atoms with van der Waals surface area (Å²) in [7, 11) is -1.96. The summed E-state index contributed by atoms with van der Waals surface area (Å²) in [4.78, 5) is 14.9. The molecule has 1 amide bonds. The first-order chi connectivity index (χ1) is 14.2. The van der Waals surface area contributed by atoms with Gasteiger partial charge < -0.3 is 29.3 Å². The van der Waals surface area contributed by atoms with Gasteiger partial charge in [-0.1, -0.05) is 20.8 Å². The molecule has 8 heteroatoms. The molecule has 2 rings (SSSR count). The number of carbonyl (C=O) groups excluding carboxylic acids is 1. The zero-order chi connectivity index (χ0) is 23.4. The van der Waals surface area contributed by atoms with E-state index in [0.29, 0.717) is 19.7 Å². The lowest BCUT2D eigenvalue weighted by molar-refractivity contribution is -0.171. The summed E-state index contributed by atoms with van der Waals surface area (Å²) in [6, 6.07) is -0.0711. The number of rotatable bonds is 7. The Kier molecular flexibility index (Phi) is 9.01. The second-order valence-electron chi connectivity index (χ2n) is 11.6. The van der Waals surface area contributed by atoms with Gasteiger partial charge in [-0.05, 0) is 71.1 Å². The first-order valence-electron chi connectivity index (χ1n) is 11.8. The highest BCUT2D eigenvalue weighted by atomic mass is 28.4. The molecule has 2 N–H and O–H groups in total. The fourth-order valence-corrected chi connectivity index (χ4v) is 5.25. The van der Waals surface area contributed by atoms with E-state index in [4.69, 9.17) is 24.4 Å². The molecule has 2 unspecified atom stereocenters. The molecule has 0 aliphatic carbocycles. The van der Waals surface area contributed by atoms with E-state index < -0.39 is 13.9 Å². The van der Waals surface area contributed by atoms with Gasteiger partial charge in [-0.3, -0.25) is 0 Å². The Bertz CT molecular complexity index is 581. The molecule has 2 aliphatic rings. The van der Waals surface area contributed by atoms with E-state index in [1.54, 1.807) is 0 Å². The molecule has 7 nitrogen and oxygen atoms in total. The minimum atomic E-state index is -1.96. The molecule has 0 aromatic carbocycles. The lowest BCUT2D eigenvalue weighted by atomic mass is 9.98. The van der Waals surface area contributed by atoms with Gasteiger partial charge in [-0.25, -0.2) is 4.79 Å². The van der Waals surface area contributed by atoms with Crippen LogP contribution >= 0.6 is 0 Å². The Hall–Kier alpha value is -0.673. The Balaban J connectivity index is 2.12. The van der Waals surface area contributed by atoms with Crippen LogP contribution in [0.3, 0.4) is 0 Å². The summed E-state index contributed by atoms with van der Waals surface area (Å²) in [5.41, 5.74) is 5.62. The minimum Gasteiger partial charge on any atom is -0.444 e. The van der Waals surface area contributed by atoms with Gasteiger partial charge in [0.05, 0.1) is 12.7 Å². The largest absolute Gasteiger partial charge is 0.444 e. The zero-order valence-corrected chi connectivity index (χ0v) is 22.0. The molecule has 182 valence electrons. The molecule has 31 heavy (non-hydrogen) atoms. The van der Waals surface area contributed by atoms with Crippen molar-refractivity contribution in [1.82, 2.24) is 4.90 Å². The molecular formula is C23H46N2O5Si. The molecule has 2 aliphatic heterocycles. The van der Waals surface area contributed by atoms with E-state index in [1.165, 1.54) is 0 Å². The summed E-state index contributed by atoms with van der Waals surface area (Å²) in [5.74, 6) is 0.00561. The Labute approximate surface area is 190 Å². The highest BCUT2D eigenvalue weighted by Gasteiger charge is 2.46. The molecular weight excluding hydrogens is 412 g/mol. The van der Waals surface area contributed by atoms with Crippen LogP contribution in [0.25, 0.3) is 0 Å². The minimum absolute atomic E-state index is 0.00561. The zero-order valence-electron chi connectivity index (χ0n) is 21.0. The number of hydrogen-bond acceptors (Lipinski definition) is 6. The SMILES string of the molecule is CC(C)(C)OC(=O)N1C[C@H](O[Si](C)(C)C(C)(C)C)C[C@H]1C(CN)COC1CCCCO1. The standard InChI is InChI=1S/C23H46N2O5Si/c1-22(2,3)29-21(26)25-15-18(30-31(7,8)23(4,5)6)13-19(25)17(14-24)16-28-20-11-9-10-12-27-20/h17-20H,9-16,24H2,1-8H3/t17?,18-,19+,20?/m1/s1. The van der Waals surface area contributed by atoms with Crippen LogP contribution in [0.2, 0.25) is 18.1 Å². The number of nitrogens with two attached hydrogens (primary N) is 1. The molecule has 0 aromatic heterocycles. The monoisotopic (exact) mass is 458 g/mol. The number of ether oxygens (including phenoxy) is 3. The molecule has 4 atom stereocenters. The molecule has 2 heterocycles. The normalized spacial score (nSPS) is 26.7. The van der Waals surface area contributed by atoms with Gasteiger partial charge in [-0.2, -0.15) is 0 Å². The Morgan fingerprint density at radius 2 is 1.87 bits per heavy atom. The van der Waals surface area contributed by atoms with E-state index in [0.717, 1.165) is 32.3 Å². The van der Waals surface area contributed by atoms with Crippen LogP contribution in [0, 0.1) is 5.92 Å². The maximum absolute atomic E-state index is 13.1. The summed E-state index contributed by atoms with van der Waals surface area (Å²) in [6.45, 7) is 19.1. The second kappa shape index (κ2) is 10.5. The van der Waals surface area contributed by atoms with Crippen molar-refractivity contribution in [3.63, 3.8) is 0 Å². The summed E-state index contributed by atoms with van der Waals surface area (Å²) in [6.07, 6.45) is 3.38. The van der Waals surface area contributed by atoms with Crippen LogP contribution < -0.4 is 5.73 Å². The van der Waals surface area contributed by atoms with Crippen molar-refractivity contribution >= 4 is 14.4 Å². The van der Waals surface area contributed by atoms with E-state index in [1.807, 2.05) is 25.7 Å². The lowest BCUT2D eigenvalue weighted by Crippen LogP contribution is -2.47. The van der Waals surface area contributed by atoms with Crippen molar-refractivity contribution in [3.8, 4) is 0 Å². The first-order valence-corrected chi connectivity index (χ1v) is 14.7. The van der Waals surface area contributed by atoms with E-state index in [9.17, 15) is 4.79 Å². The maximum atomic E-state index is 13.1. The van der Waals surface area contributed by atoms with Crippen LogP contribution in [0.1, 0.15) is 67.2 Å². The van der Waals surface area contributed by atoms with Gasteiger partial charge in [0.2, 0.25) is 0 Å². The summed E-state index contributed by atoms with van der Waals surface area (Å²) >= 11 is 0. The third kappa shape index (κ3) is 7.70. The van der Waals surface area contributed by atoms with Crippen LogP contribution in [0.15, 0.2) is 0 Å². The Morgan fingerprint density at radius 1 is 1.19 bits per heavy atom. The van der Waals surface area contributed by atoms with Gasteiger partial charge in [0.1, 0.15) is 5.60 Å². The van der Waals surface area contributed by atoms with Crippen LogP contribution in [0.5, 0.6) is 0 Å². The molecule has 2 saturated heterocycles. The lowest BCUT2D eigenvalue weighted by Gasteiger charge is -2.38. The predicted octanol–water partition coefficient (Wildman–Crippen LogP) is 4.50. The summed E-state index contributed by atoms with van der Waals surface area (Å²) < 4.78 is 24.2. The number of nitrogens with zero attached hydrogens (tertiary/aromatic N) is 1. The van der Waals surface area contributed by atoms with Crippen molar-refractivity contribution in [2.75, 3.05) is 26.3 Å². The third-order valence-electron chi connectivity index (χ3n) is 6.68. The highest BCUT2D eigenvalue weighted by molar-refractivity contribution is 6.74. The van der Waals surface area contributed by atoms with Gasteiger partial charge in [-0.15, -0.1) is 0 Å². The maximum Gasteiger partial charge on any atom is 0.410 e. The van der Waals surface area contributed by atoms with Crippen molar-refractivity contribution in [3.05, 3.63) is 0 Å². The quantitative estimate of drug-likeness (QED) is 0.565. The third-order valence-corrected chi connectivity index (χ3v) is 11.2. The van der Waals surface area contributed by atoms with E-state index in [-0.39, 0.29) is 35.5 Å². The topological polar surface area (TPSA) is 83.2 Å². The second-order valence-corrected chi connectivity index (χ2v) is 16.3. The Morgan fingerprint density at radius 3 is 2.39 bits per heavy atom. The molecule has 0 spiro atoms. The highest BCUT2D eigenvalue weighted by Crippen LogP contribution is 2.39. The number of hydrogen-bond donors (Lipinski definition) is 1. The van der Waals surface area contributed by atoms with Crippen molar-refractivity contribution in [2.45, 2.75) is 109 Å². The summed E-state index contributed by atoms with van der Waals surface area (Å²) in [5, 5.41) is 0.108. The van der Waals surface area contributed by atoms with Crippen molar-refractivity contribution < 1.29 is 23.4 Å². The van der Waals surface area contributed by atoms with Gasteiger partial charge in [0, 0.05) is 25.1 Å². The van der Waals surface area contributed by atoms with Gasteiger partial charge in [0.25, 0.3) is 0 Å². The van der Waals surface area contributed by atoms with E-state index >= 15 is 0 Å². The average molecular weight is 459 g/mol. The average Bonchev–Trinajstić information content (AvgIpc) is 3.04. The fourth-order valence-electron chi connectivity index (χ4n) is 3.89. The van der Waals surface area contributed by atoms with Crippen LogP contribution in [0.4, 0.5) is 4.79 Å². The van der Waals surface area contributed by atoms with Crippen LogP contribution in [-0.4, -0.2) is 69.7 Å². The van der Waals surface area contributed by atoms with Crippen molar-refractivity contribution in [2.24, 2.45) is 11.7 Å². The molecule has 0 radical (unpaired) electrons. The van der Waals surface area contributed by atoms with Gasteiger partial charge in [0.15, 0.2) is 14.6 Å². The molecule has 2 fully saturated rings. The number of likely N-dealkylation sites (tertiary alicyclic amines) is 1. The van der Waals surface area contributed by atoms with Crippen LogP contribution in [-0.2, 0) is 18.6 Å². The van der Waals surface area contributed by atoms with Gasteiger partial charge >= 0.3 is 6.09 Å². The first kappa shape index (κ1) is 26.6. The smallest absolute Gasteiger partial charge is 0.410 e. The molecule has 0 aromatic rings.